The molecule has 0 atom stereocenters. The summed E-state index contributed by atoms with van der Waals surface area (Å²) < 4.78 is 0. The fourth-order valence-electron chi connectivity index (χ4n) is 3.12. The van der Waals surface area contributed by atoms with Crippen molar-refractivity contribution in [1.29, 1.82) is 0 Å². The van der Waals surface area contributed by atoms with Gasteiger partial charge in [-0.25, -0.2) is 4.98 Å². The number of pyridine rings is 1. The maximum Gasteiger partial charge on any atom is 0.222 e. The molecule has 1 saturated heterocycles. The van der Waals surface area contributed by atoms with Crippen molar-refractivity contribution in [1.82, 2.24) is 20.1 Å². The van der Waals surface area contributed by atoms with E-state index in [4.69, 9.17) is 0 Å². The monoisotopic (exact) mass is 352 g/mol. The number of aromatic nitrogens is 3. The van der Waals surface area contributed by atoms with Crippen LogP contribution >= 0.6 is 0 Å². The molecule has 0 spiro atoms. The van der Waals surface area contributed by atoms with Gasteiger partial charge >= 0.3 is 0 Å². The Balaban J connectivity index is 1.31. The van der Waals surface area contributed by atoms with Crippen LogP contribution in [0.2, 0.25) is 0 Å². The molecule has 1 saturated carbocycles. The largest absolute Gasteiger partial charge is 0.352 e. The van der Waals surface area contributed by atoms with Crippen LogP contribution in [0.15, 0.2) is 30.5 Å². The van der Waals surface area contributed by atoms with E-state index >= 15 is 0 Å². The van der Waals surface area contributed by atoms with Crippen molar-refractivity contribution in [2.45, 2.75) is 26.2 Å². The molecule has 4 rings (SSSR count). The van der Waals surface area contributed by atoms with Gasteiger partial charge in [0, 0.05) is 38.8 Å². The zero-order valence-electron chi connectivity index (χ0n) is 15.1. The van der Waals surface area contributed by atoms with Crippen molar-refractivity contribution in [2.24, 2.45) is 5.92 Å². The number of carbonyl (C=O) groups excluding carboxylic acids is 1. The summed E-state index contributed by atoms with van der Waals surface area (Å²) >= 11 is 0. The Morgan fingerprint density at radius 1 is 1.08 bits per heavy atom. The van der Waals surface area contributed by atoms with E-state index in [0.29, 0.717) is 17.6 Å². The summed E-state index contributed by atoms with van der Waals surface area (Å²) in [7, 11) is 0. The molecule has 1 amide bonds. The zero-order valence-corrected chi connectivity index (χ0v) is 15.1. The van der Waals surface area contributed by atoms with Crippen LogP contribution in [0.5, 0.6) is 0 Å². The van der Waals surface area contributed by atoms with E-state index in [1.165, 1.54) is 12.8 Å². The van der Waals surface area contributed by atoms with Gasteiger partial charge in [0.25, 0.3) is 0 Å². The van der Waals surface area contributed by atoms with Crippen molar-refractivity contribution in [3.63, 3.8) is 0 Å². The number of nitrogens with zero attached hydrogens (tertiary/aromatic N) is 5. The predicted molar refractivity (Wildman–Crippen MR) is 100 cm³/mol. The lowest BCUT2D eigenvalue weighted by Gasteiger charge is -2.35. The number of piperazine rings is 1. The minimum absolute atomic E-state index is 0.309. The van der Waals surface area contributed by atoms with E-state index in [1.807, 2.05) is 42.3 Å². The molecule has 2 aromatic rings. The average Bonchev–Trinajstić information content (AvgIpc) is 3.48. The third kappa shape index (κ3) is 4.09. The average molecular weight is 352 g/mol. The van der Waals surface area contributed by atoms with Crippen molar-refractivity contribution in [3.05, 3.63) is 36.0 Å². The molecule has 1 N–H and O–H groups in total. The van der Waals surface area contributed by atoms with E-state index in [9.17, 15) is 4.79 Å². The van der Waals surface area contributed by atoms with Crippen LogP contribution in [0.1, 0.15) is 24.8 Å². The highest BCUT2D eigenvalue weighted by Gasteiger charge is 2.28. The first-order valence-electron chi connectivity index (χ1n) is 9.23. The number of carbonyl (C=O) groups is 1. The molecule has 1 aliphatic heterocycles. The summed E-state index contributed by atoms with van der Waals surface area (Å²) in [6.45, 7) is 5.14. The molecule has 7 nitrogen and oxygen atoms in total. The molecular formula is C19H24N6O. The molecule has 0 radical (unpaired) electrons. The Kier molecular flexibility index (Phi) is 4.69. The van der Waals surface area contributed by atoms with Crippen molar-refractivity contribution >= 4 is 23.4 Å². The number of hydrogen-bond acceptors (Lipinski definition) is 6. The molecular weight excluding hydrogens is 328 g/mol. The topological polar surface area (TPSA) is 74.2 Å². The first-order valence-corrected chi connectivity index (χ1v) is 9.23. The van der Waals surface area contributed by atoms with Crippen molar-refractivity contribution in [2.75, 3.05) is 36.4 Å². The summed E-state index contributed by atoms with van der Waals surface area (Å²) in [6.07, 6.45) is 4.99. The normalized spacial score (nSPS) is 17.3. The van der Waals surface area contributed by atoms with E-state index in [1.54, 1.807) is 0 Å². The lowest BCUT2D eigenvalue weighted by atomic mass is 10.2. The van der Waals surface area contributed by atoms with Crippen molar-refractivity contribution < 1.29 is 4.79 Å². The highest BCUT2D eigenvalue weighted by molar-refractivity contribution is 5.77. The lowest BCUT2D eigenvalue weighted by molar-refractivity contribution is -0.131. The van der Waals surface area contributed by atoms with Gasteiger partial charge in [-0.1, -0.05) is 6.07 Å². The van der Waals surface area contributed by atoms with Crippen LogP contribution < -0.4 is 10.2 Å². The molecule has 2 aliphatic rings. The van der Waals surface area contributed by atoms with Gasteiger partial charge in [0.1, 0.15) is 5.82 Å². The smallest absolute Gasteiger partial charge is 0.222 e. The Hall–Kier alpha value is -2.70. The molecule has 2 fully saturated rings. The first kappa shape index (κ1) is 16.8. The van der Waals surface area contributed by atoms with Gasteiger partial charge in [-0.15, -0.1) is 10.2 Å². The number of aryl methyl sites for hydroxylation is 1. The predicted octanol–water partition coefficient (Wildman–Crippen LogP) is 2.37. The van der Waals surface area contributed by atoms with Gasteiger partial charge in [-0.3, -0.25) is 4.79 Å². The quantitative estimate of drug-likeness (QED) is 0.890. The van der Waals surface area contributed by atoms with E-state index in [-0.39, 0.29) is 0 Å². The molecule has 26 heavy (non-hydrogen) atoms. The Labute approximate surface area is 153 Å². The standard InChI is InChI=1S/C19H24N6O/c1-14-2-5-16(20-13-14)21-17-6-7-18(23-22-17)24-8-10-25(11-9-24)19(26)12-15-3-4-15/h2,5-7,13,15H,3-4,8-12H2,1H3,(H,20,21,22). The SMILES string of the molecule is Cc1ccc(Nc2ccc(N3CCN(C(=O)CC4CC4)CC3)nn2)nc1. The molecule has 3 heterocycles. The molecule has 0 bridgehead atoms. The molecule has 2 aromatic heterocycles. The molecule has 0 unspecified atom stereocenters. The van der Waals surface area contributed by atoms with Gasteiger partial charge < -0.3 is 15.1 Å². The second kappa shape index (κ2) is 7.27. The first-order chi connectivity index (χ1) is 12.7. The third-order valence-corrected chi connectivity index (χ3v) is 4.93. The summed E-state index contributed by atoms with van der Waals surface area (Å²) in [5.41, 5.74) is 1.12. The fraction of sp³-hybridized carbons (Fsp3) is 0.474. The number of hydrogen-bond donors (Lipinski definition) is 1. The van der Waals surface area contributed by atoms with Crippen LogP contribution in [-0.4, -0.2) is 52.2 Å². The Morgan fingerprint density at radius 3 is 2.46 bits per heavy atom. The third-order valence-electron chi connectivity index (χ3n) is 4.93. The van der Waals surface area contributed by atoms with Crippen LogP contribution in [0.4, 0.5) is 17.5 Å². The van der Waals surface area contributed by atoms with Gasteiger partial charge in [0.05, 0.1) is 0 Å². The molecule has 7 heteroatoms. The summed E-state index contributed by atoms with van der Waals surface area (Å²) in [6, 6.07) is 7.80. The minimum Gasteiger partial charge on any atom is -0.352 e. The molecule has 136 valence electrons. The second-order valence-electron chi connectivity index (χ2n) is 7.14. The van der Waals surface area contributed by atoms with Crippen LogP contribution in [-0.2, 0) is 4.79 Å². The summed E-state index contributed by atoms with van der Waals surface area (Å²) in [5, 5.41) is 11.7. The fourth-order valence-corrected chi connectivity index (χ4v) is 3.12. The number of amides is 1. The number of anilines is 3. The maximum absolute atomic E-state index is 12.2. The van der Waals surface area contributed by atoms with Crippen LogP contribution in [0.3, 0.4) is 0 Å². The Bertz CT molecular complexity index is 749. The summed E-state index contributed by atoms with van der Waals surface area (Å²) in [5.74, 6) is 3.23. The van der Waals surface area contributed by atoms with Gasteiger partial charge in [-0.05, 0) is 49.4 Å². The lowest BCUT2D eigenvalue weighted by Crippen LogP contribution is -2.49. The highest BCUT2D eigenvalue weighted by Crippen LogP contribution is 2.33. The van der Waals surface area contributed by atoms with E-state index in [2.05, 4.69) is 25.4 Å². The van der Waals surface area contributed by atoms with Crippen molar-refractivity contribution in [3.8, 4) is 0 Å². The van der Waals surface area contributed by atoms with Gasteiger partial charge in [0.2, 0.25) is 5.91 Å². The number of rotatable bonds is 5. The van der Waals surface area contributed by atoms with E-state index < -0.39 is 0 Å². The summed E-state index contributed by atoms with van der Waals surface area (Å²) in [4.78, 5) is 20.7. The van der Waals surface area contributed by atoms with Crippen LogP contribution in [0, 0.1) is 12.8 Å². The molecule has 0 aromatic carbocycles. The highest BCUT2D eigenvalue weighted by atomic mass is 16.2. The van der Waals surface area contributed by atoms with Gasteiger partial charge in [-0.2, -0.15) is 0 Å². The Morgan fingerprint density at radius 2 is 1.85 bits per heavy atom. The molecule has 1 aliphatic carbocycles. The minimum atomic E-state index is 0.309. The maximum atomic E-state index is 12.2. The zero-order chi connectivity index (χ0) is 17.9. The van der Waals surface area contributed by atoms with Crippen LogP contribution in [0.25, 0.3) is 0 Å². The number of nitrogens with one attached hydrogen (secondary N) is 1. The van der Waals surface area contributed by atoms with E-state index in [0.717, 1.165) is 49.8 Å². The second-order valence-corrected chi connectivity index (χ2v) is 7.14. The van der Waals surface area contributed by atoms with Gasteiger partial charge in [0.15, 0.2) is 11.6 Å².